The average molecular weight is 424 g/mol. The van der Waals surface area contributed by atoms with E-state index >= 15 is 0 Å². The van der Waals surface area contributed by atoms with Gasteiger partial charge in [0.25, 0.3) is 0 Å². The van der Waals surface area contributed by atoms with Gasteiger partial charge in [-0.05, 0) is 24.7 Å². The molecule has 2 aliphatic carbocycles. The summed E-state index contributed by atoms with van der Waals surface area (Å²) in [5.41, 5.74) is -8.26. The van der Waals surface area contributed by atoms with Crippen molar-refractivity contribution in [1.82, 2.24) is 0 Å². The summed E-state index contributed by atoms with van der Waals surface area (Å²) in [5, 5.41) is 34.7. The van der Waals surface area contributed by atoms with E-state index in [0.29, 0.717) is 0 Å². The molecule has 0 amide bonds. The van der Waals surface area contributed by atoms with Crippen LogP contribution in [0.2, 0.25) is 0 Å². The molecule has 6 fully saturated rings. The number of aliphatic hydroxyl groups is 3. The summed E-state index contributed by atoms with van der Waals surface area (Å²) in [5.74, 6) is -4.32. The van der Waals surface area contributed by atoms with Gasteiger partial charge < -0.3 is 34.3 Å². The van der Waals surface area contributed by atoms with Gasteiger partial charge in [0.15, 0.2) is 17.8 Å². The number of carbonyl (C=O) groups excluding carboxylic acids is 3. The molecule has 6 rings (SSSR count). The van der Waals surface area contributed by atoms with E-state index in [9.17, 15) is 29.7 Å². The molecular weight excluding hydrogens is 400 g/mol. The Hall–Kier alpha value is -1.75. The maximum absolute atomic E-state index is 13.4. The fraction of sp³-hybridized carbons (Fsp3) is 0.850. The highest BCUT2D eigenvalue weighted by molar-refractivity contribution is 5.94. The van der Waals surface area contributed by atoms with Gasteiger partial charge in [0.1, 0.15) is 12.2 Å². The van der Waals surface area contributed by atoms with Crippen LogP contribution < -0.4 is 0 Å². The van der Waals surface area contributed by atoms with E-state index in [1.807, 2.05) is 20.8 Å². The third kappa shape index (κ3) is 1.33. The van der Waals surface area contributed by atoms with Crippen molar-refractivity contribution in [2.75, 3.05) is 0 Å². The standard InChI is InChI=1S/C20H24O10/c1-6-12(23)28-11-9(21)18-8-5-7(16(2,3)4)17(18)10(22)13(24)29-15(17)30-20(18,14(25)27-8)19(6,11)26/h6-11,15,21-22,26H,5H2,1-4H3/t6?,7?,8?,9-,10?,11?,15?,17?,18?,19?,20?/m0/s1. The molecule has 0 aromatic carbocycles. The Labute approximate surface area is 171 Å². The first-order valence-electron chi connectivity index (χ1n) is 10.2. The van der Waals surface area contributed by atoms with E-state index in [2.05, 4.69) is 0 Å². The largest absolute Gasteiger partial charge is 0.459 e. The second-order valence-corrected chi connectivity index (χ2v) is 10.7. The minimum absolute atomic E-state index is 0.229. The van der Waals surface area contributed by atoms with Gasteiger partial charge in [0, 0.05) is 0 Å². The van der Waals surface area contributed by atoms with Crippen LogP contribution in [0, 0.1) is 28.1 Å². The zero-order chi connectivity index (χ0) is 21.8. The van der Waals surface area contributed by atoms with Crippen molar-refractivity contribution < 1.29 is 48.7 Å². The number of rotatable bonds is 0. The minimum Gasteiger partial charge on any atom is -0.459 e. The number of ether oxygens (including phenoxy) is 4. The lowest BCUT2D eigenvalue weighted by molar-refractivity contribution is -0.239. The first-order valence-corrected chi connectivity index (χ1v) is 10.2. The van der Waals surface area contributed by atoms with Gasteiger partial charge in [-0.15, -0.1) is 0 Å². The van der Waals surface area contributed by atoms with Gasteiger partial charge in [-0.3, -0.25) is 4.79 Å². The fourth-order valence-corrected chi connectivity index (χ4v) is 8.12. The fourth-order valence-electron chi connectivity index (χ4n) is 8.12. The number of carbonyl (C=O) groups is 3. The van der Waals surface area contributed by atoms with E-state index in [4.69, 9.17) is 18.9 Å². The summed E-state index contributed by atoms with van der Waals surface area (Å²) in [4.78, 5) is 38.2. The number of aliphatic hydroxyl groups excluding tert-OH is 2. The SMILES string of the molecule is CC1C(=O)OC2[C@H](O)C34C5CC(C(C)(C)C)C36C(OC(=O)C6O)OC4(C(=O)O5)C12O. The molecule has 0 bridgehead atoms. The summed E-state index contributed by atoms with van der Waals surface area (Å²) in [7, 11) is 0. The van der Waals surface area contributed by atoms with Gasteiger partial charge in [0.05, 0.1) is 16.7 Å². The summed E-state index contributed by atoms with van der Waals surface area (Å²) < 4.78 is 22.5. The molecule has 30 heavy (non-hydrogen) atoms. The molecule has 11 atom stereocenters. The maximum atomic E-state index is 13.4. The molecule has 3 N–H and O–H groups in total. The van der Waals surface area contributed by atoms with E-state index in [1.165, 1.54) is 6.92 Å². The van der Waals surface area contributed by atoms with Gasteiger partial charge in [-0.2, -0.15) is 0 Å². The second kappa shape index (κ2) is 4.69. The number of hydrogen-bond donors (Lipinski definition) is 3. The first kappa shape index (κ1) is 19.0. The van der Waals surface area contributed by atoms with Crippen LogP contribution in [-0.4, -0.2) is 75.1 Å². The molecule has 164 valence electrons. The van der Waals surface area contributed by atoms with Crippen LogP contribution in [-0.2, 0) is 33.3 Å². The van der Waals surface area contributed by atoms with Gasteiger partial charge >= 0.3 is 17.9 Å². The molecule has 0 radical (unpaired) electrons. The lowest BCUT2D eigenvalue weighted by Crippen LogP contribution is -2.67. The molecule has 10 unspecified atom stereocenters. The monoisotopic (exact) mass is 424 g/mol. The van der Waals surface area contributed by atoms with Crippen molar-refractivity contribution >= 4 is 17.9 Å². The quantitative estimate of drug-likeness (QED) is 0.314. The zero-order valence-electron chi connectivity index (χ0n) is 16.9. The number of hydrogen-bond acceptors (Lipinski definition) is 10. The molecular formula is C20H24O10. The summed E-state index contributed by atoms with van der Waals surface area (Å²) in [6.45, 7) is 7.14. The van der Waals surface area contributed by atoms with Crippen LogP contribution in [0.4, 0.5) is 0 Å². The van der Waals surface area contributed by atoms with Crippen molar-refractivity contribution in [3.63, 3.8) is 0 Å². The molecule has 4 aliphatic heterocycles. The van der Waals surface area contributed by atoms with Crippen molar-refractivity contribution in [3.8, 4) is 0 Å². The van der Waals surface area contributed by atoms with Gasteiger partial charge in [-0.25, -0.2) is 9.59 Å². The topological polar surface area (TPSA) is 149 Å². The third-order valence-electron chi connectivity index (χ3n) is 9.00. The van der Waals surface area contributed by atoms with E-state index < -0.39 is 87.9 Å². The van der Waals surface area contributed by atoms with Crippen LogP contribution in [0.25, 0.3) is 0 Å². The molecule has 4 heterocycles. The van der Waals surface area contributed by atoms with Crippen LogP contribution in [0.3, 0.4) is 0 Å². The summed E-state index contributed by atoms with van der Waals surface area (Å²) >= 11 is 0. The van der Waals surface area contributed by atoms with Crippen LogP contribution in [0.15, 0.2) is 0 Å². The smallest absolute Gasteiger partial charge is 0.343 e. The minimum atomic E-state index is -2.24. The maximum Gasteiger partial charge on any atom is 0.343 e. The van der Waals surface area contributed by atoms with Crippen LogP contribution in [0.1, 0.15) is 34.1 Å². The first-order chi connectivity index (χ1) is 13.8. The molecule has 10 nitrogen and oxygen atoms in total. The molecule has 6 aliphatic rings. The Balaban J connectivity index is 1.72. The molecule has 0 aromatic heterocycles. The Morgan fingerprint density at radius 3 is 2.33 bits per heavy atom. The lowest BCUT2D eigenvalue weighted by Gasteiger charge is -2.47. The van der Waals surface area contributed by atoms with Gasteiger partial charge in [-0.1, -0.05) is 20.8 Å². The predicted molar refractivity (Wildman–Crippen MR) is 92.0 cm³/mol. The highest BCUT2D eigenvalue weighted by Crippen LogP contribution is 2.84. The molecule has 4 saturated heterocycles. The Bertz CT molecular complexity index is 925. The number of fused-ring (bicyclic) bond motifs is 1. The number of esters is 3. The Morgan fingerprint density at radius 1 is 1.03 bits per heavy atom. The average Bonchev–Trinajstić information content (AvgIpc) is 3.35. The highest BCUT2D eigenvalue weighted by Gasteiger charge is 3.03. The summed E-state index contributed by atoms with van der Waals surface area (Å²) in [6, 6.07) is 0. The van der Waals surface area contributed by atoms with Crippen molar-refractivity contribution in [2.45, 2.75) is 76.0 Å². The van der Waals surface area contributed by atoms with Gasteiger partial charge in [0.2, 0.25) is 11.9 Å². The molecule has 0 aromatic rings. The van der Waals surface area contributed by atoms with Crippen LogP contribution in [0.5, 0.6) is 0 Å². The second-order valence-electron chi connectivity index (χ2n) is 10.7. The molecule has 2 spiro atoms. The predicted octanol–water partition coefficient (Wildman–Crippen LogP) is -1.37. The van der Waals surface area contributed by atoms with Crippen molar-refractivity contribution in [1.29, 1.82) is 0 Å². The van der Waals surface area contributed by atoms with Crippen molar-refractivity contribution in [2.24, 2.45) is 28.1 Å². The van der Waals surface area contributed by atoms with E-state index in [-0.39, 0.29) is 6.42 Å². The molecule has 10 heteroatoms. The van der Waals surface area contributed by atoms with E-state index in [0.717, 1.165) is 0 Å². The lowest BCUT2D eigenvalue weighted by atomic mass is 9.51. The Kier molecular flexibility index (Phi) is 2.97. The normalized spacial score (nSPS) is 60.1. The van der Waals surface area contributed by atoms with E-state index in [1.54, 1.807) is 0 Å². The van der Waals surface area contributed by atoms with Crippen LogP contribution >= 0.6 is 0 Å². The third-order valence-corrected chi connectivity index (χ3v) is 9.00. The van der Waals surface area contributed by atoms with Crippen molar-refractivity contribution in [3.05, 3.63) is 0 Å². The summed E-state index contributed by atoms with van der Waals surface area (Å²) in [6.07, 6.45) is -6.91. The highest BCUT2D eigenvalue weighted by atomic mass is 16.8. The zero-order valence-corrected chi connectivity index (χ0v) is 16.9. The Morgan fingerprint density at radius 2 is 1.70 bits per heavy atom. The molecule has 2 saturated carbocycles.